The molecule has 98 valence electrons. The highest BCUT2D eigenvalue weighted by atomic mass is 16.2. The number of carbonyl (C=O) groups is 1. The van der Waals surface area contributed by atoms with E-state index in [-0.39, 0.29) is 6.04 Å². The number of amidine groups is 1. The topological polar surface area (TPSA) is 35.9 Å². The molecule has 1 saturated carbocycles. The molecule has 0 aromatic rings. The molecule has 2 fully saturated rings. The molecule has 1 amide bonds. The molecule has 3 aliphatic rings. The molecule has 2 heterocycles. The fraction of sp³-hybridized carbons (Fsp3) is 0.714. The maximum Gasteiger partial charge on any atom is 0.226 e. The lowest BCUT2D eigenvalue weighted by atomic mass is 10.0. The Hall–Kier alpha value is -1.32. The van der Waals surface area contributed by atoms with Crippen LogP contribution in [0.15, 0.2) is 16.3 Å². The standard InChI is InChI=1S/C14H21N3O/c1-9-10(2)15-11(3)17-7-6-16(8-13(9)17)14(18)12-4-5-12/h10,12H,4-8H2,1-3H3. The van der Waals surface area contributed by atoms with Gasteiger partial charge in [0.15, 0.2) is 0 Å². The van der Waals surface area contributed by atoms with E-state index in [1.54, 1.807) is 0 Å². The van der Waals surface area contributed by atoms with Gasteiger partial charge in [0.2, 0.25) is 5.91 Å². The van der Waals surface area contributed by atoms with Gasteiger partial charge in [0.25, 0.3) is 0 Å². The van der Waals surface area contributed by atoms with Crippen LogP contribution in [0.1, 0.15) is 33.6 Å². The predicted molar refractivity (Wildman–Crippen MR) is 71.3 cm³/mol. The van der Waals surface area contributed by atoms with Gasteiger partial charge in [-0.05, 0) is 39.2 Å². The van der Waals surface area contributed by atoms with Crippen molar-refractivity contribution < 1.29 is 4.79 Å². The van der Waals surface area contributed by atoms with E-state index in [1.165, 1.54) is 11.3 Å². The monoisotopic (exact) mass is 247 g/mol. The van der Waals surface area contributed by atoms with Gasteiger partial charge in [-0.1, -0.05) is 0 Å². The number of amides is 1. The van der Waals surface area contributed by atoms with Crippen molar-refractivity contribution in [3.05, 3.63) is 11.3 Å². The number of carbonyl (C=O) groups excluding carboxylic acids is 1. The molecule has 4 heteroatoms. The third-order valence-corrected chi connectivity index (χ3v) is 4.35. The Bertz CT molecular complexity index is 448. The fourth-order valence-corrected chi connectivity index (χ4v) is 2.86. The van der Waals surface area contributed by atoms with Crippen LogP contribution in [-0.4, -0.2) is 47.2 Å². The van der Waals surface area contributed by atoms with Gasteiger partial charge in [-0.15, -0.1) is 0 Å². The van der Waals surface area contributed by atoms with E-state index >= 15 is 0 Å². The first-order valence-electron chi connectivity index (χ1n) is 6.88. The zero-order valence-electron chi connectivity index (χ0n) is 11.4. The predicted octanol–water partition coefficient (Wildman–Crippen LogP) is 1.64. The van der Waals surface area contributed by atoms with Crippen LogP contribution < -0.4 is 0 Å². The van der Waals surface area contributed by atoms with Gasteiger partial charge in [0.05, 0.1) is 12.6 Å². The Morgan fingerprint density at radius 1 is 1.28 bits per heavy atom. The van der Waals surface area contributed by atoms with Crippen molar-refractivity contribution >= 4 is 11.7 Å². The molecule has 0 N–H and O–H groups in total. The van der Waals surface area contributed by atoms with E-state index in [0.29, 0.717) is 11.8 Å². The highest BCUT2D eigenvalue weighted by Gasteiger charge is 2.37. The summed E-state index contributed by atoms with van der Waals surface area (Å²) in [5, 5.41) is 0. The maximum atomic E-state index is 12.2. The van der Waals surface area contributed by atoms with Crippen LogP contribution in [0.4, 0.5) is 0 Å². The molecule has 0 aromatic heterocycles. The van der Waals surface area contributed by atoms with Crippen LogP contribution in [-0.2, 0) is 4.79 Å². The summed E-state index contributed by atoms with van der Waals surface area (Å²) in [6, 6.07) is 0.257. The second-order valence-electron chi connectivity index (χ2n) is 5.67. The minimum Gasteiger partial charge on any atom is -0.335 e. The van der Waals surface area contributed by atoms with Gasteiger partial charge in [-0.25, -0.2) is 0 Å². The van der Waals surface area contributed by atoms with Crippen LogP contribution in [0.3, 0.4) is 0 Å². The number of rotatable bonds is 1. The Kier molecular flexibility index (Phi) is 2.68. The molecule has 4 nitrogen and oxygen atoms in total. The highest BCUT2D eigenvalue weighted by Crippen LogP contribution is 2.33. The summed E-state index contributed by atoms with van der Waals surface area (Å²) in [7, 11) is 0. The Morgan fingerprint density at radius 2 is 2.00 bits per heavy atom. The molecule has 3 rings (SSSR count). The Morgan fingerprint density at radius 3 is 2.67 bits per heavy atom. The Balaban J connectivity index is 1.81. The zero-order chi connectivity index (χ0) is 12.9. The molecule has 1 unspecified atom stereocenters. The normalized spacial score (nSPS) is 28.2. The van der Waals surface area contributed by atoms with E-state index in [4.69, 9.17) is 0 Å². The van der Waals surface area contributed by atoms with Gasteiger partial charge >= 0.3 is 0 Å². The first-order chi connectivity index (χ1) is 8.58. The van der Waals surface area contributed by atoms with Crippen LogP contribution in [0.25, 0.3) is 0 Å². The van der Waals surface area contributed by atoms with Crippen molar-refractivity contribution in [1.29, 1.82) is 0 Å². The lowest BCUT2D eigenvalue weighted by Gasteiger charge is -2.42. The van der Waals surface area contributed by atoms with Gasteiger partial charge in [0, 0.05) is 24.7 Å². The lowest BCUT2D eigenvalue weighted by molar-refractivity contribution is -0.133. The molecule has 1 atom stereocenters. The molecule has 2 aliphatic heterocycles. The lowest BCUT2D eigenvalue weighted by Crippen LogP contribution is -2.51. The average molecular weight is 247 g/mol. The van der Waals surface area contributed by atoms with Crippen LogP contribution in [0, 0.1) is 5.92 Å². The number of hydrogen-bond donors (Lipinski definition) is 0. The second kappa shape index (κ2) is 4.11. The van der Waals surface area contributed by atoms with Crippen molar-refractivity contribution in [3.63, 3.8) is 0 Å². The summed E-state index contributed by atoms with van der Waals surface area (Å²) >= 11 is 0. The summed E-state index contributed by atoms with van der Waals surface area (Å²) in [6.45, 7) is 8.86. The second-order valence-corrected chi connectivity index (χ2v) is 5.67. The fourth-order valence-electron chi connectivity index (χ4n) is 2.86. The molecule has 1 aliphatic carbocycles. The number of nitrogens with zero attached hydrogens (tertiary/aromatic N) is 3. The van der Waals surface area contributed by atoms with E-state index < -0.39 is 0 Å². The summed E-state index contributed by atoms with van der Waals surface area (Å²) < 4.78 is 0. The molecule has 0 radical (unpaired) electrons. The molecule has 0 spiro atoms. The third-order valence-electron chi connectivity index (χ3n) is 4.35. The number of aliphatic imine (C=N–C) groups is 1. The van der Waals surface area contributed by atoms with Gasteiger partial charge in [-0.3, -0.25) is 9.79 Å². The quantitative estimate of drug-likeness (QED) is 0.706. The summed E-state index contributed by atoms with van der Waals surface area (Å²) in [4.78, 5) is 21.1. The number of fused-ring (bicyclic) bond motifs is 1. The summed E-state index contributed by atoms with van der Waals surface area (Å²) in [5.74, 6) is 1.79. The highest BCUT2D eigenvalue weighted by molar-refractivity contribution is 5.85. The molecule has 18 heavy (non-hydrogen) atoms. The van der Waals surface area contributed by atoms with Crippen LogP contribution in [0.5, 0.6) is 0 Å². The summed E-state index contributed by atoms with van der Waals surface area (Å²) in [6.07, 6.45) is 2.18. The molecule has 0 bridgehead atoms. The molecule has 1 saturated heterocycles. The van der Waals surface area contributed by atoms with Crippen molar-refractivity contribution in [2.45, 2.75) is 39.7 Å². The van der Waals surface area contributed by atoms with E-state index in [2.05, 4.69) is 30.7 Å². The minimum absolute atomic E-state index is 0.257. The van der Waals surface area contributed by atoms with E-state index in [9.17, 15) is 4.79 Å². The van der Waals surface area contributed by atoms with Crippen molar-refractivity contribution in [2.24, 2.45) is 10.9 Å². The van der Waals surface area contributed by atoms with Crippen LogP contribution >= 0.6 is 0 Å². The van der Waals surface area contributed by atoms with E-state index in [0.717, 1.165) is 38.3 Å². The van der Waals surface area contributed by atoms with Crippen LogP contribution in [0.2, 0.25) is 0 Å². The van der Waals surface area contributed by atoms with E-state index in [1.807, 2.05) is 4.90 Å². The van der Waals surface area contributed by atoms with Crippen molar-refractivity contribution in [2.75, 3.05) is 19.6 Å². The minimum atomic E-state index is 0.257. The summed E-state index contributed by atoms with van der Waals surface area (Å²) in [5.41, 5.74) is 2.61. The van der Waals surface area contributed by atoms with Gasteiger partial charge < -0.3 is 9.80 Å². The molecule has 0 aromatic carbocycles. The largest absolute Gasteiger partial charge is 0.335 e. The zero-order valence-corrected chi connectivity index (χ0v) is 11.4. The first-order valence-corrected chi connectivity index (χ1v) is 6.88. The van der Waals surface area contributed by atoms with Gasteiger partial charge in [-0.2, -0.15) is 0 Å². The van der Waals surface area contributed by atoms with Crippen molar-refractivity contribution in [3.8, 4) is 0 Å². The van der Waals surface area contributed by atoms with Gasteiger partial charge in [0.1, 0.15) is 5.84 Å². The average Bonchev–Trinajstić information content (AvgIpc) is 3.19. The smallest absolute Gasteiger partial charge is 0.226 e. The SMILES string of the molecule is CC1=NC(C)C(C)=C2CN(C(=O)C3CC3)CCN12. The molecular formula is C14H21N3O. The maximum absolute atomic E-state index is 12.2. The number of hydrogen-bond acceptors (Lipinski definition) is 3. The Labute approximate surface area is 108 Å². The molecular weight excluding hydrogens is 226 g/mol. The number of piperazine rings is 1. The first kappa shape index (κ1) is 11.8. The van der Waals surface area contributed by atoms with Crippen molar-refractivity contribution in [1.82, 2.24) is 9.80 Å². The third kappa shape index (κ3) is 1.84.